The van der Waals surface area contributed by atoms with Crippen LogP contribution >= 0.6 is 0 Å². The second kappa shape index (κ2) is 6.74. The smallest absolute Gasteiger partial charge is 0.281 e. The fourth-order valence-electron chi connectivity index (χ4n) is 3.75. The quantitative estimate of drug-likeness (QED) is 0.715. The van der Waals surface area contributed by atoms with Crippen molar-refractivity contribution in [1.82, 2.24) is 0 Å². The standard InChI is InChI=1S/C23H26F2O3S/c1-15-11-13-17(14-12-15)29(27,28)19(18(26)16-9-7-6-8-10-16)20-22(5,21(2,3)4)23(20,24)25/h6-14,18,26H,1-5H3/b20-19+. The number of aliphatic hydroxyl groups excluding tert-OH is 1. The molecule has 1 aliphatic carbocycles. The molecule has 156 valence electrons. The maximum Gasteiger partial charge on any atom is 0.281 e. The molecule has 0 amide bonds. The van der Waals surface area contributed by atoms with Crippen LogP contribution in [0.15, 0.2) is 70.0 Å². The predicted molar refractivity (Wildman–Crippen MR) is 109 cm³/mol. The van der Waals surface area contributed by atoms with Gasteiger partial charge < -0.3 is 5.11 Å². The van der Waals surface area contributed by atoms with Gasteiger partial charge in [0.1, 0.15) is 6.10 Å². The maximum absolute atomic E-state index is 15.1. The van der Waals surface area contributed by atoms with Crippen molar-refractivity contribution in [3.8, 4) is 0 Å². The van der Waals surface area contributed by atoms with Gasteiger partial charge in [0, 0.05) is 5.57 Å². The van der Waals surface area contributed by atoms with Gasteiger partial charge in [-0.2, -0.15) is 0 Å². The summed E-state index contributed by atoms with van der Waals surface area (Å²) in [4.78, 5) is -0.727. The summed E-state index contributed by atoms with van der Waals surface area (Å²) in [6.07, 6.45) is -1.69. The van der Waals surface area contributed by atoms with Gasteiger partial charge in [-0.3, -0.25) is 0 Å². The zero-order chi connectivity index (χ0) is 21.8. The molecule has 0 radical (unpaired) electrons. The molecule has 0 bridgehead atoms. The molecule has 1 aliphatic rings. The summed E-state index contributed by atoms with van der Waals surface area (Å²) in [5.41, 5.74) is -1.99. The highest BCUT2D eigenvalue weighted by Crippen LogP contribution is 2.75. The van der Waals surface area contributed by atoms with E-state index in [4.69, 9.17) is 0 Å². The number of alkyl halides is 2. The summed E-state index contributed by atoms with van der Waals surface area (Å²) in [5, 5.41) is 11.0. The predicted octanol–water partition coefficient (Wildman–Crippen LogP) is 5.46. The molecule has 2 aromatic rings. The van der Waals surface area contributed by atoms with E-state index in [9.17, 15) is 13.5 Å². The van der Waals surface area contributed by atoms with E-state index in [1.807, 2.05) is 0 Å². The highest BCUT2D eigenvalue weighted by Gasteiger charge is 2.79. The van der Waals surface area contributed by atoms with Crippen LogP contribution in [0.1, 0.15) is 44.9 Å². The molecule has 3 rings (SSSR count). The number of benzene rings is 2. The molecule has 1 fully saturated rings. The number of halogens is 2. The Balaban J connectivity index is 2.32. The van der Waals surface area contributed by atoms with Crippen molar-refractivity contribution >= 4 is 9.84 Å². The van der Waals surface area contributed by atoms with Crippen LogP contribution in [0.3, 0.4) is 0 Å². The average molecular weight is 421 g/mol. The molecular formula is C23H26F2O3S. The molecule has 1 saturated carbocycles. The monoisotopic (exact) mass is 420 g/mol. The van der Waals surface area contributed by atoms with Crippen LogP contribution in [0.4, 0.5) is 8.78 Å². The fourth-order valence-corrected chi connectivity index (χ4v) is 5.53. The third kappa shape index (κ3) is 3.22. The van der Waals surface area contributed by atoms with Crippen LogP contribution in [-0.2, 0) is 9.84 Å². The Hall–Kier alpha value is -2.05. The first-order valence-corrected chi connectivity index (χ1v) is 10.9. The third-order valence-electron chi connectivity index (χ3n) is 6.11. The van der Waals surface area contributed by atoms with E-state index >= 15 is 8.78 Å². The van der Waals surface area contributed by atoms with E-state index in [1.54, 1.807) is 58.0 Å². The molecule has 29 heavy (non-hydrogen) atoms. The third-order valence-corrected chi connectivity index (χ3v) is 8.01. The SMILES string of the molecule is Cc1ccc(S(=O)(=O)/C(=C2/C(F)(F)C2(C)C(C)(C)C)C(O)c2ccccc2)cc1. The van der Waals surface area contributed by atoms with Gasteiger partial charge in [-0.15, -0.1) is 0 Å². The molecule has 0 spiro atoms. The topological polar surface area (TPSA) is 54.4 Å². The van der Waals surface area contributed by atoms with Gasteiger partial charge in [-0.05, 0) is 37.0 Å². The van der Waals surface area contributed by atoms with Gasteiger partial charge in [-0.25, -0.2) is 17.2 Å². The summed E-state index contributed by atoms with van der Waals surface area (Å²) in [6, 6.07) is 14.0. The molecule has 3 nitrogen and oxygen atoms in total. The van der Waals surface area contributed by atoms with Gasteiger partial charge in [0.05, 0.1) is 15.2 Å². The van der Waals surface area contributed by atoms with Gasteiger partial charge >= 0.3 is 0 Å². The highest BCUT2D eigenvalue weighted by molar-refractivity contribution is 7.95. The molecule has 2 atom stereocenters. The van der Waals surface area contributed by atoms with Crippen molar-refractivity contribution in [2.45, 2.75) is 51.5 Å². The molecule has 2 aromatic carbocycles. The Morgan fingerprint density at radius 2 is 1.52 bits per heavy atom. The molecule has 0 aromatic heterocycles. The van der Waals surface area contributed by atoms with Crippen molar-refractivity contribution in [2.24, 2.45) is 10.8 Å². The molecule has 0 saturated heterocycles. The number of allylic oxidation sites excluding steroid dienone is 1. The Morgan fingerprint density at radius 1 is 1.00 bits per heavy atom. The summed E-state index contributed by atoms with van der Waals surface area (Å²) >= 11 is 0. The van der Waals surface area contributed by atoms with Gasteiger partial charge in [-0.1, -0.05) is 68.8 Å². The highest BCUT2D eigenvalue weighted by atomic mass is 32.2. The van der Waals surface area contributed by atoms with E-state index in [0.29, 0.717) is 0 Å². The summed E-state index contributed by atoms with van der Waals surface area (Å²) in [6.45, 7) is 8.13. The fraction of sp³-hybridized carbons (Fsp3) is 0.391. The van der Waals surface area contributed by atoms with Crippen LogP contribution in [-0.4, -0.2) is 19.4 Å². The Kier molecular flexibility index (Phi) is 5.03. The lowest BCUT2D eigenvalue weighted by atomic mass is 9.77. The lowest BCUT2D eigenvalue weighted by Gasteiger charge is -2.27. The second-order valence-corrected chi connectivity index (χ2v) is 10.7. The zero-order valence-corrected chi connectivity index (χ0v) is 18.0. The summed E-state index contributed by atoms with van der Waals surface area (Å²) in [5.74, 6) is -3.34. The maximum atomic E-state index is 15.1. The number of hydrogen-bond acceptors (Lipinski definition) is 3. The first-order valence-electron chi connectivity index (χ1n) is 9.44. The first-order chi connectivity index (χ1) is 13.3. The minimum Gasteiger partial charge on any atom is -0.383 e. The molecule has 2 unspecified atom stereocenters. The summed E-state index contributed by atoms with van der Waals surface area (Å²) in [7, 11) is -4.35. The van der Waals surface area contributed by atoms with Crippen LogP contribution in [0, 0.1) is 17.8 Å². The normalized spacial score (nSPS) is 24.1. The zero-order valence-electron chi connectivity index (χ0n) is 17.2. The average Bonchev–Trinajstić information content (AvgIpc) is 3.10. The Morgan fingerprint density at radius 3 is 1.97 bits per heavy atom. The van der Waals surface area contributed by atoms with E-state index in [2.05, 4.69) is 0 Å². The number of sulfone groups is 1. The second-order valence-electron chi connectivity index (χ2n) is 8.82. The molecule has 0 aliphatic heterocycles. The molecular weight excluding hydrogens is 394 g/mol. The minimum absolute atomic E-state index is 0.112. The van der Waals surface area contributed by atoms with Crippen LogP contribution in [0.25, 0.3) is 0 Å². The van der Waals surface area contributed by atoms with Crippen molar-refractivity contribution < 1.29 is 22.3 Å². The van der Waals surface area contributed by atoms with E-state index in [0.717, 1.165) is 5.56 Å². The van der Waals surface area contributed by atoms with Gasteiger partial charge in [0.15, 0.2) is 0 Å². The number of aliphatic hydroxyl groups is 1. The molecule has 0 heterocycles. The van der Waals surface area contributed by atoms with E-state index in [1.165, 1.54) is 31.2 Å². The Bertz CT molecular complexity index is 1050. The molecule has 1 N–H and O–H groups in total. The van der Waals surface area contributed by atoms with E-state index in [-0.39, 0.29) is 10.5 Å². The largest absolute Gasteiger partial charge is 0.383 e. The minimum atomic E-state index is -4.35. The Labute approximate surface area is 171 Å². The van der Waals surface area contributed by atoms with Crippen LogP contribution in [0.5, 0.6) is 0 Å². The first kappa shape index (κ1) is 21.7. The lowest BCUT2D eigenvalue weighted by molar-refractivity contribution is 0.0254. The lowest BCUT2D eigenvalue weighted by Crippen LogP contribution is -2.25. The number of aryl methyl sites for hydroxylation is 1. The van der Waals surface area contributed by atoms with Crippen LogP contribution in [0.2, 0.25) is 0 Å². The number of hydrogen-bond donors (Lipinski definition) is 1. The van der Waals surface area contributed by atoms with Crippen LogP contribution < -0.4 is 0 Å². The van der Waals surface area contributed by atoms with Gasteiger partial charge in [0.2, 0.25) is 9.84 Å². The molecule has 6 heteroatoms. The van der Waals surface area contributed by atoms with Crippen molar-refractivity contribution in [3.63, 3.8) is 0 Å². The van der Waals surface area contributed by atoms with E-state index < -0.39 is 43.2 Å². The van der Waals surface area contributed by atoms with Crippen molar-refractivity contribution in [3.05, 3.63) is 76.2 Å². The van der Waals surface area contributed by atoms with Crippen molar-refractivity contribution in [2.75, 3.05) is 0 Å². The van der Waals surface area contributed by atoms with Gasteiger partial charge in [0.25, 0.3) is 5.92 Å². The summed E-state index contributed by atoms with van der Waals surface area (Å²) < 4.78 is 57.3. The van der Waals surface area contributed by atoms with Crippen molar-refractivity contribution in [1.29, 1.82) is 0 Å². The number of rotatable bonds is 4.